The fourth-order valence-electron chi connectivity index (χ4n) is 1.79. The molecule has 1 aromatic carbocycles. The summed E-state index contributed by atoms with van der Waals surface area (Å²) in [6.07, 6.45) is 1.33. The summed E-state index contributed by atoms with van der Waals surface area (Å²) < 4.78 is 5.29. The summed E-state index contributed by atoms with van der Waals surface area (Å²) in [7, 11) is 1.62. The van der Waals surface area contributed by atoms with Gasteiger partial charge in [-0.25, -0.2) is 0 Å². The van der Waals surface area contributed by atoms with Crippen molar-refractivity contribution >= 4 is 6.29 Å². The first-order valence-electron chi connectivity index (χ1n) is 5.96. The van der Waals surface area contributed by atoms with Crippen molar-refractivity contribution in [3.05, 3.63) is 29.3 Å². The summed E-state index contributed by atoms with van der Waals surface area (Å²) in [5.41, 5.74) is 1.61. The van der Waals surface area contributed by atoms with Crippen molar-refractivity contribution in [1.82, 2.24) is 4.90 Å². The third-order valence-electron chi connectivity index (χ3n) is 2.82. The van der Waals surface area contributed by atoms with E-state index in [0.717, 1.165) is 30.7 Å². The van der Waals surface area contributed by atoms with Gasteiger partial charge in [0.05, 0.1) is 13.2 Å². The lowest BCUT2D eigenvalue weighted by atomic mass is 10.1. The lowest BCUT2D eigenvalue weighted by Crippen LogP contribution is -2.24. The molecule has 0 aliphatic heterocycles. The Morgan fingerprint density at radius 3 is 2.83 bits per heavy atom. The van der Waals surface area contributed by atoms with Crippen molar-refractivity contribution in [2.24, 2.45) is 0 Å². The van der Waals surface area contributed by atoms with Gasteiger partial charge in [-0.3, -0.25) is 9.69 Å². The largest absolute Gasteiger partial charge is 0.496 e. The number of nitriles is 1. The second kappa shape index (κ2) is 7.46. The minimum absolute atomic E-state index is 0.503. The Kier molecular flexibility index (Phi) is 5.89. The lowest BCUT2D eigenvalue weighted by Gasteiger charge is -2.20. The van der Waals surface area contributed by atoms with E-state index in [1.165, 1.54) is 0 Å². The zero-order chi connectivity index (χ0) is 13.4. The molecule has 0 amide bonds. The molecule has 4 nitrogen and oxygen atoms in total. The van der Waals surface area contributed by atoms with E-state index in [2.05, 4.69) is 11.0 Å². The highest BCUT2D eigenvalue weighted by Gasteiger charge is 2.09. The second-order valence-electron chi connectivity index (χ2n) is 3.97. The van der Waals surface area contributed by atoms with Gasteiger partial charge < -0.3 is 4.74 Å². The Labute approximate surface area is 108 Å². The first kappa shape index (κ1) is 14.2. The third kappa shape index (κ3) is 3.86. The Hall–Kier alpha value is -1.86. The monoisotopic (exact) mass is 246 g/mol. The molecular weight excluding hydrogens is 228 g/mol. The summed E-state index contributed by atoms with van der Waals surface area (Å²) in [5.74, 6) is 0.774. The SMILES string of the molecule is CCN(CCC#N)Cc1cc(C=O)ccc1OC. The van der Waals surface area contributed by atoms with Crippen molar-refractivity contribution in [2.75, 3.05) is 20.2 Å². The standard InChI is InChI=1S/C14H18N2O2/c1-3-16(8-4-7-15)10-13-9-12(11-17)5-6-14(13)18-2/h5-6,9,11H,3-4,8,10H2,1-2H3. The third-order valence-corrected chi connectivity index (χ3v) is 2.82. The van der Waals surface area contributed by atoms with Gasteiger partial charge >= 0.3 is 0 Å². The van der Waals surface area contributed by atoms with Gasteiger partial charge in [-0.15, -0.1) is 0 Å². The number of methoxy groups -OCH3 is 1. The van der Waals surface area contributed by atoms with Gasteiger partial charge in [-0.2, -0.15) is 5.26 Å². The van der Waals surface area contributed by atoms with Crippen molar-refractivity contribution < 1.29 is 9.53 Å². The molecule has 1 aromatic rings. The molecule has 96 valence electrons. The van der Waals surface area contributed by atoms with E-state index < -0.39 is 0 Å². The van der Waals surface area contributed by atoms with Gasteiger partial charge in [0.25, 0.3) is 0 Å². The van der Waals surface area contributed by atoms with Gasteiger partial charge in [0.2, 0.25) is 0 Å². The summed E-state index contributed by atoms with van der Waals surface area (Å²) in [6, 6.07) is 7.51. The number of hydrogen-bond donors (Lipinski definition) is 0. The molecule has 0 bridgehead atoms. The van der Waals surface area contributed by atoms with E-state index in [0.29, 0.717) is 18.5 Å². The molecule has 0 heterocycles. The van der Waals surface area contributed by atoms with Gasteiger partial charge in [-0.1, -0.05) is 6.92 Å². The van der Waals surface area contributed by atoms with Crippen molar-refractivity contribution in [2.45, 2.75) is 19.9 Å². The molecule has 0 saturated carbocycles. The molecule has 0 spiro atoms. The minimum atomic E-state index is 0.503. The van der Waals surface area contributed by atoms with Gasteiger partial charge in [0.15, 0.2) is 0 Å². The van der Waals surface area contributed by atoms with Crippen LogP contribution in [0.25, 0.3) is 0 Å². The molecule has 0 aliphatic rings. The Balaban J connectivity index is 2.86. The Morgan fingerprint density at radius 1 is 1.50 bits per heavy atom. The van der Waals surface area contributed by atoms with E-state index >= 15 is 0 Å². The van der Waals surface area contributed by atoms with Crippen LogP contribution in [0.3, 0.4) is 0 Å². The first-order valence-corrected chi connectivity index (χ1v) is 5.96. The van der Waals surface area contributed by atoms with Gasteiger partial charge in [0, 0.05) is 30.6 Å². The summed E-state index contributed by atoms with van der Waals surface area (Å²) in [4.78, 5) is 12.9. The van der Waals surface area contributed by atoms with Crippen LogP contribution in [0.15, 0.2) is 18.2 Å². The zero-order valence-electron chi connectivity index (χ0n) is 10.8. The smallest absolute Gasteiger partial charge is 0.150 e. The number of benzene rings is 1. The Morgan fingerprint density at radius 2 is 2.28 bits per heavy atom. The normalized spacial score (nSPS) is 10.1. The van der Waals surface area contributed by atoms with E-state index in [4.69, 9.17) is 10.00 Å². The number of carbonyl (C=O) groups excluding carboxylic acids is 1. The predicted molar refractivity (Wildman–Crippen MR) is 69.6 cm³/mol. The van der Waals surface area contributed by atoms with E-state index in [9.17, 15) is 4.79 Å². The first-order chi connectivity index (χ1) is 8.74. The van der Waals surface area contributed by atoms with Crippen LogP contribution in [0, 0.1) is 11.3 Å². The average molecular weight is 246 g/mol. The van der Waals surface area contributed by atoms with E-state index in [1.807, 2.05) is 13.0 Å². The molecule has 1 rings (SSSR count). The molecule has 0 aromatic heterocycles. The highest BCUT2D eigenvalue weighted by atomic mass is 16.5. The molecule has 0 saturated heterocycles. The number of aldehydes is 1. The van der Waals surface area contributed by atoms with Crippen LogP contribution in [-0.2, 0) is 6.54 Å². The molecule has 0 unspecified atom stereocenters. The Bertz CT molecular complexity index is 438. The summed E-state index contributed by atoms with van der Waals surface area (Å²) >= 11 is 0. The maximum atomic E-state index is 10.8. The fraction of sp³-hybridized carbons (Fsp3) is 0.429. The molecule has 18 heavy (non-hydrogen) atoms. The highest BCUT2D eigenvalue weighted by Crippen LogP contribution is 2.21. The molecule has 0 aliphatic carbocycles. The van der Waals surface area contributed by atoms with Crippen LogP contribution < -0.4 is 4.74 Å². The van der Waals surface area contributed by atoms with Crippen LogP contribution in [0.2, 0.25) is 0 Å². The van der Waals surface area contributed by atoms with Crippen LogP contribution in [0.5, 0.6) is 5.75 Å². The molecular formula is C14H18N2O2. The van der Waals surface area contributed by atoms with E-state index in [1.54, 1.807) is 19.2 Å². The number of hydrogen-bond acceptors (Lipinski definition) is 4. The van der Waals surface area contributed by atoms with Crippen LogP contribution >= 0.6 is 0 Å². The summed E-state index contributed by atoms with van der Waals surface area (Å²) in [5, 5.41) is 8.61. The quantitative estimate of drug-likeness (QED) is 0.692. The van der Waals surface area contributed by atoms with Crippen LogP contribution in [0.4, 0.5) is 0 Å². The minimum Gasteiger partial charge on any atom is -0.496 e. The number of carbonyl (C=O) groups is 1. The number of ether oxygens (including phenoxy) is 1. The number of nitrogens with zero attached hydrogens (tertiary/aromatic N) is 2. The second-order valence-corrected chi connectivity index (χ2v) is 3.97. The number of rotatable bonds is 7. The van der Waals surface area contributed by atoms with E-state index in [-0.39, 0.29) is 0 Å². The van der Waals surface area contributed by atoms with Crippen molar-refractivity contribution in [1.29, 1.82) is 5.26 Å². The topological polar surface area (TPSA) is 53.3 Å². The maximum Gasteiger partial charge on any atom is 0.150 e. The molecule has 0 N–H and O–H groups in total. The highest BCUT2D eigenvalue weighted by molar-refractivity contribution is 5.75. The molecule has 0 fully saturated rings. The molecule has 0 atom stereocenters. The van der Waals surface area contributed by atoms with Crippen molar-refractivity contribution in [3.63, 3.8) is 0 Å². The van der Waals surface area contributed by atoms with Gasteiger partial charge in [-0.05, 0) is 24.7 Å². The average Bonchev–Trinajstić information content (AvgIpc) is 2.43. The zero-order valence-corrected chi connectivity index (χ0v) is 10.8. The lowest BCUT2D eigenvalue weighted by molar-refractivity contribution is 0.112. The maximum absolute atomic E-state index is 10.8. The van der Waals surface area contributed by atoms with Crippen LogP contribution in [0.1, 0.15) is 29.3 Å². The van der Waals surface area contributed by atoms with Crippen LogP contribution in [-0.4, -0.2) is 31.4 Å². The molecule has 4 heteroatoms. The van der Waals surface area contributed by atoms with Crippen molar-refractivity contribution in [3.8, 4) is 11.8 Å². The predicted octanol–water partition coefficient (Wildman–Crippen LogP) is 2.24. The molecule has 0 radical (unpaired) electrons. The fourth-order valence-corrected chi connectivity index (χ4v) is 1.79. The van der Waals surface area contributed by atoms with Gasteiger partial charge in [0.1, 0.15) is 12.0 Å². The summed E-state index contributed by atoms with van der Waals surface area (Å²) in [6.45, 7) is 4.31.